The molecule has 0 spiro atoms. The third kappa shape index (κ3) is 1.22. The van der Waals surface area contributed by atoms with Gasteiger partial charge in [0.1, 0.15) is 5.75 Å². The van der Waals surface area contributed by atoms with Crippen LogP contribution in [0.1, 0.15) is 36.1 Å². The normalized spacial score (nSPS) is 20.3. The summed E-state index contributed by atoms with van der Waals surface area (Å²) in [6, 6.07) is 4.01. The van der Waals surface area contributed by atoms with Crippen LogP contribution in [0.25, 0.3) is 0 Å². The molecule has 0 aromatic heterocycles. The van der Waals surface area contributed by atoms with Crippen molar-refractivity contribution in [2.45, 2.75) is 33.0 Å². The van der Waals surface area contributed by atoms with Gasteiger partial charge in [-0.15, -0.1) is 0 Å². The van der Waals surface area contributed by atoms with Crippen molar-refractivity contribution in [2.75, 3.05) is 0 Å². The third-order valence-electron chi connectivity index (χ3n) is 2.67. The van der Waals surface area contributed by atoms with Crippen LogP contribution < -0.4 is 0 Å². The molecule has 2 heteroatoms. The first-order valence-electron chi connectivity index (χ1n) is 4.67. The molecule has 0 bridgehead atoms. The van der Waals surface area contributed by atoms with Crippen molar-refractivity contribution in [3.63, 3.8) is 0 Å². The van der Waals surface area contributed by atoms with Crippen LogP contribution in [-0.2, 0) is 11.3 Å². The number of ether oxygens (including phenoxy) is 1. The highest BCUT2D eigenvalue weighted by Crippen LogP contribution is 2.38. The van der Waals surface area contributed by atoms with E-state index in [-0.39, 0.29) is 6.10 Å². The Kier molecular flexibility index (Phi) is 2.00. The molecule has 1 aromatic rings. The van der Waals surface area contributed by atoms with E-state index < -0.39 is 0 Å². The minimum atomic E-state index is 0.182. The molecule has 1 heterocycles. The molecule has 1 unspecified atom stereocenters. The van der Waals surface area contributed by atoms with E-state index in [0.29, 0.717) is 12.4 Å². The number of fused-ring (bicyclic) bond motifs is 1. The van der Waals surface area contributed by atoms with E-state index in [1.807, 2.05) is 13.0 Å². The van der Waals surface area contributed by atoms with E-state index in [9.17, 15) is 5.11 Å². The lowest BCUT2D eigenvalue weighted by atomic mass is 10.0. The van der Waals surface area contributed by atoms with Gasteiger partial charge in [0.25, 0.3) is 0 Å². The molecule has 0 fully saturated rings. The Morgan fingerprint density at radius 1 is 1.54 bits per heavy atom. The Balaban J connectivity index is 2.50. The minimum Gasteiger partial charge on any atom is -0.507 e. The fraction of sp³-hybridized carbons (Fsp3) is 0.455. The SMILES string of the molecule is CCC1OCc2c1ccc(C)c2O. The highest BCUT2D eigenvalue weighted by atomic mass is 16.5. The van der Waals surface area contributed by atoms with Gasteiger partial charge >= 0.3 is 0 Å². The molecule has 1 aromatic carbocycles. The van der Waals surface area contributed by atoms with E-state index in [4.69, 9.17) is 4.74 Å². The van der Waals surface area contributed by atoms with Gasteiger partial charge in [-0.3, -0.25) is 0 Å². The summed E-state index contributed by atoms with van der Waals surface area (Å²) in [6.45, 7) is 4.56. The second kappa shape index (κ2) is 3.04. The number of hydrogen-bond donors (Lipinski definition) is 1. The molecular weight excluding hydrogens is 164 g/mol. The number of aromatic hydroxyl groups is 1. The van der Waals surface area contributed by atoms with Crippen molar-refractivity contribution in [3.8, 4) is 5.75 Å². The summed E-state index contributed by atoms with van der Waals surface area (Å²) < 4.78 is 5.55. The van der Waals surface area contributed by atoms with E-state index in [1.54, 1.807) is 0 Å². The standard InChI is InChI=1S/C11H14O2/c1-3-10-8-5-4-7(2)11(12)9(8)6-13-10/h4-5,10,12H,3,6H2,1-2H3. The number of phenols is 1. The summed E-state index contributed by atoms with van der Waals surface area (Å²) in [7, 11) is 0. The van der Waals surface area contributed by atoms with Crippen LogP contribution in [0, 0.1) is 6.92 Å². The number of hydrogen-bond acceptors (Lipinski definition) is 2. The average molecular weight is 178 g/mol. The van der Waals surface area contributed by atoms with Crippen LogP contribution in [0.3, 0.4) is 0 Å². The zero-order valence-corrected chi connectivity index (χ0v) is 8.00. The maximum atomic E-state index is 9.75. The first kappa shape index (κ1) is 8.57. The van der Waals surface area contributed by atoms with Crippen molar-refractivity contribution in [1.29, 1.82) is 0 Å². The van der Waals surface area contributed by atoms with E-state index in [0.717, 1.165) is 23.1 Å². The van der Waals surface area contributed by atoms with Crippen molar-refractivity contribution < 1.29 is 9.84 Å². The molecule has 13 heavy (non-hydrogen) atoms. The van der Waals surface area contributed by atoms with Gasteiger partial charge in [0, 0.05) is 5.56 Å². The molecule has 0 radical (unpaired) electrons. The molecule has 1 aliphatic rings. The first-order valence-corrected chi connectivity index (χ1v) is 4.67. The molecule has 0 amide bonds. The number of phenolic OH excluding ortho intramolecular Hbond substituents is 1. The van der Waals surface area contributed by atoms with Crippen molar-refractivity contribution >= 4 is 0 Å². The molecule has 70 valence electrons. The molecule has 0 saturated heterocycles. The van der Waals surface area contributed by atoms with Crippen LogP contribution in [0.15, 0.2) is 12.1 Å². The fourth-order valence-corrected chi connectivity index (χ4v) is 1.83. The average Bonchev–Trinajstić information content (AvgIpc) is 2.55. The van der Waals surface area contributed by atoms with E-state index in [1.165, 1.54) is 0 Å². The van der Waals surface area contributed by atoms with Gasteiger partial charge in [0.2, 0.25) is 0 Å². The van der Waals surface area contributed by atoms with Gasteiger partial charge in [-0.1, -0.05) is 19.1 Å². The first-order chi connectivity index (χ1) is 6.24. The highest BCUT2D eigenvalue weighted by Gasteiger charge is 2.24. The Hall–Kier alpha value is -1.02. The second-order valence-electron chi connectivity index (χ2n) is 3.51. The molecule has 0 saturated carbocycles. The lowest BCUT2D eigenvalue weighted by molar-refractivity contribution is 0.0632. The Morgan fingerprint density at radius 3 is 3.00 bits per heavy atom. The monoisotopic (exact) mass is 178 g/mol. The largest absolute Gasteiger partial charge is 0.507 e. The second-order valence-corrected chi connectivity index (χ2v) is 3.51. The molecule has 2 nitrogen and oxygen atoms in total. The minimum absolute atomic E-state index is 0.182. The summed E-state index contributed by atoms with van der Waals surface area (Å²) >= 11 is 0. The van der Waals surface area contributed by atoms with Gasteiger partial charge in [-0.2, -0.15) is 0 Å². The zero-order valence-electron chi connectivity index (χ0n) is 8.00. The maximum absolute atomic E-state index is 9.75. The van der Waals surface area contributed by atoms with Crippen LogP contribution in [0.4, 0.5) is 0 Å². The summed E-state index contributed by atoms with van der Waals surface area (Å²) in [4.78, 5) is 0. The number of benzene rings is 1. The van der Waals surface area contributed by atoms with Gasteiger partial charge in [-0.25, -0.2) is 0 Å². The van der Waals surface area contributed by atoms with E-state index >= 15 is 0 Å². The highest BCUT2D eigenvalue weighted by molar-refractivity contribution is 5.47. The van der Waals surface area contributed by atoms with Gasteiger partial charge < -0.3 is 9.84 Å². The lowest BCUT2D eigenvalue weighted by Crippen LogP contribution is -1.92. The smallest absolute Gasteiger partial charge is 0.124 e. The summed E-state index contributed by atoms with van der Waals surface area (Å²) in [5.41, 5.74) is 3.07. The van der Waals surface area contributed by atoms with E-state index in [2.05, 4.69) is 13.0 Å². The van der Waals surface area contributed by atoms with Gasteiger partial charge in [0.05, 0.1) is 12.7 Å². The molecular formula is C11H14O2. The fourth-order valence-electron chi connectivity index (χ4n) is 1.83. The van der Waals surface area contributed by atoms with Crippen LogP contribution in [-0.4, -0.2) is 5.11 Å². The zero-order chi connectivity index (χ0) is 9.42. The maximum Gasteiger partial charge on any atom is 0.124 e. The lowest BCUT2D eigenvalue weighted by Gasteiger charge is -2.08. The van der Waals surface area contributed by atoms with Crippen LogP contribution in [0.5, 0.6) is 5.75 Å². The van der Waals surface area contributed by atoms with Gasteiger partial charge in [-0.05, 0) is 24.5 Å². The van der Waals surface area contributed by atoms with Crippen LogP contribution >= 0.6 is 0 Å². The molecule has 1 atom stereocenters. The Bertz CT molecular complexity index is 331. The topological polar surface area (TPSA) is 29.5 Å². The number of rotatable bonds is 1. The summed E-state index contributed by atoms with van der Waals surface area (Å²) in [5.74, 6) is 0.411. The van der Waals surface area contributed by atoms with Gasteiger partial charge in [0.15, 0.2) is 0 Å². The molecule has 1 aliphatic heterocycles. The molecule has 0 aliphatic carbocycles. The summed E-state index contributed by atoms with van der Waals surface area (Å²) in [5, 5.41) is 9.75. The summed E-state index contributed by atoms with van der Waals surface area (Å²) in [6.07, 6.45) is 1.15. The van der Waals surface area contributed by atoms with Crippen molar-refractivity contribution in [3.05, 3.63) is 28.8 Å². The molecule has 2 rings (SSSR count). The third-order valence-corrected chi connectivity index (χ3v) is 2.67. The quantitative estimate of drug-likeness (QED) is 0.716. The Labute approximate surface area is 78.2 Å². The van der Waals surface area contributed by atoms with Crippen LogP contribution in [0.2, 0.25) is 0 Å². The predicted molar refractivity (Wildman–Crippen MR) is 50.7 cm³/mol. The predicted octanol–water partition coefficient (Wildman–Crippen LogP) is 2.68. The Morgan fingerprint density at radius 2 is 2.31 bits per heavy atom. The van der Waals surface area contributed by atoms with Crippen molar-refractivity contribution in [2.24, 2.45) is 0 Å². The molecule has 1 N–H and O–H groups in total. The number of aryl methyl sites for hydroxylation is 1. The van der Waals surface area contributed by atoms with Crippen molar-refractivity contribution in [1.82, 2.24) is 0 Å².